The number of hydrogen-bond donors (Lipinski definition) is 0. The molecule has 6 nitrogen and oxygen atoms in total. The molecule has 3 rings (SSSR count). The fourth-order valence-electron chi connectivity index (χ4n) is 1.97. The largest absolute Gasteiger partial charge is 0.257 e. The van der Waals surface area contributed by atoms with Crippen LogP contribution < -0.4 is 0 Å². The van der Waals surface area contributed by atoms with Crippen LogP contribution >= 0.6 is 23.4 Å². The first kappa shape index (κ1) is 14.1. The van der Waals surface area contributed by atoms with Gasteiger partial charge in [0.25, 0.3) is 0 Å². The Morgan fingerprint density at radius 1 is 1.24 bits per heavy atom. The van der Waals surface area contributed by atoms with Crippen LogP contribution in [0, 0.1) is 6.92 Å². The minimum atomic E-state index is 0.652. The predicted molar refractivity (Wildman–Crippen MR) is 81.7 cm³/mol. The smallest absolute Gasteiger partial charge is 0.214 e. The molecule has 0 atom stereocenters. The van der Waals surface area contributed by atoms with E-state index in [0.29, 0.717) is 10.9 Å². The first-order valence-corrected chi connectivity index (χ1v) is 7.67. The van der Waals surface area contributed by atoms with Crippen molar-refractivity contribution in [3.63, 3.8) is 0 Å². The molecule has 2 aromatic heterocycles. The summed E-state index contributed by atoms with van der Waals surface area (Å²) in [5.41, 5.74) is 2.86. The van der Waals surface area contributed by atoms with Gasteiger partial charge in [0.1, 0.15) is 5.15 Å². The maximum atomic E-state index is 6.24. The number of aryl methyl sites for hydroxylation is 2. The highest BCUT2D eigenvalue weighted by molar-refractivity contribution is 7.98. The number of hydrogen-bond acceptors (Lipinski definition) is 5. The highest BCUT2D eigenvalue weighted by Gasteiger charge is 2.14. The molecule has 108 valence electrons. The Labute approximate surface area is 131 Å². The molecule has 0 radical (unpaired) electrons. The third-order valence-electron chi connectivity index (χ3n) is 3.06. The van der Waals surface area contributed by atoms with E-state index in [-0.39, 0.29) is 0 Å². The van der Waals surface area contributed by atoms with Crippen molar-refractivity contribution in [2.24, 2.45) is 7.05 Å². The second-order valence-corrected chi connectivity index (χ2v) is 5.78. The molecule has 0 aliphatic rings. The third-order valence-corrected chi connectivity index (χ3v) is 4.48. The second kappa shape index (κ2) is 5.87. The van der Waals surface area contributed by atoms with Gasteiger partial charge in [0.2, 0.25) is 5.16 Å². The maximum Gasteiger partial charge on any atom is 0.214 e. The van der Waals surface area contributed by atoms with Gasteiger partial charge < -0.3 is 0 Å². The van der Waals surface area contributed by atoms with E-state index in [4.69, 9.17) is 11.6 Å². The summed E-state index contributed by atoms with van der Waals surface area (Å²) < 4.78 is 3.39. The van der Waals surface area contributed by atoms with Crippen molar-refractivity contribution in [1.82, 2.24) is 30.0 Å². The lowest BCUT2D eigenvalue weighted by molar-refractivity contribution is 0.756. The minimum Gasteiger partial charge on any atom is -0.257 e. The number of benzene rings is 1. The van der Waals surface area contributed by atoms with Crippen LogP contribution in [0.5, 0.6) is 0 Å². The molecule has 3 aromatic rings. The first-order valence-electron chi connectivity index (χ1n) is 6.31. The Morgan fingerprint density at radius 2 is 2.00 bits per heavy atom. The van der Waals surface area contributed by atoms with Crippen LogP contribution in [0.1, 0.15) is 11.3 Å². The molecule has 0 saturated heterocycles. The summed E-state index contributed by atoms with van der Waals surface area (Å²) in [6, 6.07) is 9.78. The molecular weight excluding hydrogens is 308 g/mol. The summed E-state index contributed by atoms with van der Waals surface area (Å²) >= 11 is 7.77. The Bertz CT molecular complexity index is 751. The van der Waals surface area contributed by atoms with Crippen LogP contribution in [-0.4, -0.2) is 30.0 Å². The van der Waals surface area contributed by atoms with E-state index in [0.717, 1.165) is 22.1 Å². The van der Waals surface area contributed by atoms with E-state index in [2.05, 4.69) is 20.6 Å². The van der Waals surface area contributed by atoms with E-state index in [1.807, 2.05) is 44.3 Å². The van der Waals surface area contributed by atoms with Crippen LogP contribution in [0.4, 0.5) is 0 Å². The van der Waals surface area contributed by atoms with Gasteiger partial charge in [0, 0.05) is 18.4 Å². The molecule has 0 spiro atoms. The van der Waals surface area contributed by atoms with Gasteiger partial charge in [-0.3, -0.25) is 4.68 Å². The second-order valence-electron chi connectivity index (χ2n) is 4.48. The van der Waals surface area contributed by atoms with Gasteiger partial charge in [-0.05, 0) is 29.5 Å². The molecule has 0 aliphatic carbocycles. The van der Waals surface area contributed by atoms with E-state index in [1.54, 1.807) is 9.36 Å². The molecule has 21 heavy (non-hydrogen) atoms. The Kier molecular flexibility index (Phi) is 3.94. The van der Waals surface area contributed by atoms with Gasteiger partial charge in [0.15, 0.2) is 0 Å². The van der Waals surface area contributed by atoms with E-state index in [1.165, 1.54) is 11.8 Å². The highest BCUT2D eigenvalue weighted by atomic mass is 35.5. The molecule has 1 aromatic carbocycles. The van der Waals surface area contributed by atoms with Crippen LogP contribution in [0.15, 0.2) is 35.5 Å². The number of para-hydroxylation sites is 1. The fraction of sp³-hybridized carbons (Fsp3) is 0.231. The van der Waals surface area contributed by atoms with E-state index in [9.17, 15) is 0 Å². The molecule has 8 heteroatoms. The van der Waals surface area contributed by atoms with Crippen molar-refractivity contribution in [2.45, 2.75) is 17.8 Å². The van der Waals surface area contributed by atoms with E-state index >= 15 is 0 Å². The topological polar surface area (TPSA) is 61.4 Å². The van der Waals surface area contributed by atoms with Crippen molar-refractivity contribution in [2.75, 3.05) is 0 Å². The molecular formula is C13H13ClN6S. The molecule has 0 amide bonds. The highest BCUT2D eigenvalue weighted by Crippen LogP contribution is 2.28. The average molecular weight is 321 g/mol. The number of nitrogens with zero attached hydrogens (tertiary/aromatic N) is 6. The molecule has 0 unspecified atom stereocenters. The van der Waals surface area contributed by atoms with Crippen LogP contribution in [0.25, 0.3) is 5.69 Å². The molecule has 0 aliphatic heterocycles. The van der Waals surface area contributed by atoms with Crippen LogP contribution in [0.3, 0.4) is 0 Å². The van der Waals surface area contributed by atoms with Gasteiger partial charge in [-0.2, -0.15) is 9.78 Å². The Balaban J connectivity index is 1.82. The number of rotatable bonds is 4. The number of tetrazole rings is 1. The number of aromatic nitrogens is 6. The van der Waals surface area contributed by atoms with Gasteiger partial charge in [-0.25, -0.2) is 0 Å². The third kappa shape index (κ3) is 2.79. The standard InChI is InChI=1S/C13H13ClN6S/c1-9-11(12(14)19(2)16-9)8-21-13-15-17-18-20(13)10-6-4-3-5-7-10/h3-7H,8H2,1-2H3. The molecule has 0 N–H and O–H groups in total. The average Bonchev–Trinajstić information content (AvgIpc) is 3.04. The zero-order valence-electron chi connectivity index (χ0n) is 11.6. The van der Waals surface area contributed by atoms with Crippen LogP contribution in [0.2, 0.25) is 5.15 Å². The zero-order chi connectivity index (χ0) is 14.8. The van der Waals surface area contributed by atoms with Gasteiger partial charge in [-0.15, -0.1) is 5.10 Å². The van der Waals surface area contributed by atoms with Crippen molar-refractivity contribution >= 4 is 23.4 Å². The molecule has 0 fully saturated rings. The molecule has 0 bridgehead atoms. The van der Waals surface area contributed by atoms with Crippen molar-refractivity contribution in [1.29, 1.82) is 0 Å². The first-order chi connectivity index (χ1) is 10.2. The quantitative estimate of drug-likeness (QED) is 0.692. The van der Waals surface area contributed by atoms with Gasteiger partial charge in [0.05, 0.1) is 11.4 Å². The monoisotopic (exact) mass is 320 g/mol. The lowest BCUT2D eigenvalue weighted by atomic mass is 10.3. The van der Waals surface area contributed by atoms with Gasteiger partial charge in [-0.1, -0.05) is 41.6 Å². The Hall–Kier alpha value is -1.86. The van der Waals surface area contributed by atoms with Crippen molar-refractivity contribution in [3.05, 3.63) is 46.7 Å². The van der Waals surface area contributed by atoms with Gasteiger partial charge >= 0.3 is 0 Å². The summed E-state index contributed by atoms with van der Waals surface area (Å²) in [6.07, 6.45) is 0. The number of thioether (sulfide) groups is 1. The molecule has 2 heterocycles. The number of halogens is 1. The maximum absolute atomic E-state index is 6.24. The summed E-state index contributed by atoms with van der Waals surface area (Å²) in [6.45, 7) is 1.95. The summed E-state index contributed by atoms with van der Waals surface area (Å²) in [4.78, 5) is 0. The zero-order valence-corrected chi connectivity index (χ0v) is 13.1. The predicted octanol–water partition coefficient (Wildman–Crippen LogP) is 2.65. The van der Waals surface area contributed by atoms with Crippen LogP contribution in [-0.2, 0) is 12.8 Å². The fourth-order valence-corrected chi connectivity index (χ4v) is 3.27. The lowest BCUT2D eigenvalue weighted by Gasteiger charge is -2.04. The lowest BCUT2D eigenvalue weighted by Crippen LogP contribution is -1.98. The van der Waals surface area contributed by atoms with E-state index < -0.39 is 0 Å². The van der Waals surface area contributed by atoms with Crippen molar-refractivity contribution in [3.8, 4) is 5.69 Å². The van der Waals surface area contributed by atoms with Crippen molar-refractivity contribution < 1.29 is 0 Å². The summed E-state index contributed by atoms with van der Waals surface area (Å²) in [5, 5.41) is 17.5. The summed E-state index contributed by atoms with van der Waals surface area (Å²) in [7, 11) is 1.83. The Morgan fingerprint density at radius 3 is 2.67 bits per heavy atom. The minimum absolute atomic E-state index is 0.652. The SMILES string of the molecule is Cc1nn(C)c(Cl)c1CSc1nnnn1-c1ccccc1. The molecule has 0 saturated carbocycles. The summed E-state index contributed by atoms with van der Waals surface area (Å²) in [5.74, 6) is 0.672. The normalized spacial score (nSPS) is 11.0.